The van der Waals surface area contributed by atoms with E-state index in [9.17, 15) is 4.39 Å². The number of nitrogens with one attached hydrogen (secondary N) is 1. The summed E-state index contributed by atoms with van der Waals surface area (Å²) < 4.78 is 14.8. The molecule has 2 atom stereocenters. The standard InChI is InChI=1S/C14H22BrFN2/c1-3-5-6-10(4-2)14(18-17)12-9-11(15)7-8-13(12)16/h7-10,14,18H,3-6,17H2,1-2H3. The van der Waals surface area contributed by atoms with Crippen molar-refractivity contribution in [2.24, 2.45) is 11.8 Å². The van der Waals surface area contributed by atoms with Gasteiger partial charge in [0, 0.05) is 10.0 Å². The van der Waals surface area contributed by atoms with Gasteiger partial charge in [-0.05, 0) is 30.5 Å². The van der Waals surface area contributed by atoms with E-state index in [1.807, 2.05) is 6.07 Å². The van der Waals surface area contributed by atoms with Crippen LogP contribution in [0.25, 0.3) is 0 Å². The molecular formula is C14H22BrFN2. The lowest BCUT2D eigenvalue weighted by Gasteiger charge is -2.26. The number of nitrogens with two attached hydrogens (primary N) is 1. The summed E-state index contributed by atoms with van der Waals surface area (Å²) in [4.78, 5) is 0. The Morgan fingerprint density at radius 2 is 2.11 bits per heavy atom. The van der Waals surface area contributed by atoms with Crippen molar-refractivity contribution in [3.63, 3.8) is 0 Å². The zero-order chi connectivity index (χ0) is 13.5. The Labute approximate surface area is 117 Å². The summed E-state index contributed by atoms with van der Waals surface area (Å²) in [5.41, 5.74) is 3.43. The molecule has 3 N–H and O–H groups in total. The summed E-state index contributed by atoms with van der Waals surface area (Å²) in [7, 11) is 0. The van der Waals surface area contributed by atoms with Gasteiger partial charge in [-0.3, -0.25) is 11.3 Å². The van der Waals surface area contributed by atoms with E-state index in [2.05, 4.69) is 35.2 Å². The Morgan fingerprint density at radius 1 is 1.39 bits per heavy atom. The van der Waals surface area contributed by atoms with E-state index in [-0.39, 0.29) is 11.9 Å². The van der Waals surface area contributed by atoms with Gasteiger partial charge < -0.3 is 0 Å². The van der Waals surface area contributed by atoms with Crippen molar-refractivity contribution in [1.29, 1.82) is 0 Å². The minimum atomic E-state index is -0.198. The topological polar surface area (TPSA) is 38.0 Å². The van der Waals surface area contributed by atoms with Crippen LogP contribution in [-0.2, 0) is 0 Å². The van der Waals surface area contributed by atoms with Gasteiger partial charge in [0.25, 0.3) is 0 Å². The van der Waals surface area contributed by atoms with Crippen LogP contribution in [0.15, 0.2) is 22.7 Å². The first-order chi connectivity index (χ1) is 8.63. The third-order valence-corrected chi connectivity index (χ3v) is 3.89. The van der Waals surface area contributed by atoms with Gasteiger partial charge in [0.15, 0.2) is 0 Å². The molecule has 4 heteroatoms. The zero-order valence-corrected chi connectivity index (χ0v) is 12.6. The van der Waals surface area contributed by atoms with E-state index >= 15 is 0 Å². The first kappa shape index (κ1) is 15.6. The minimum Gasteiger partial charge on any atom is -0.271 e. The van der Waals surface area contributed by atoms with Crippen LogP contribution >= 0.6 is 15.9 Å². The molecule has 1 aromatic carbocycles. The fourth-order valence-electron chi connectivity index (χ4n) is 2.31. The van der Waals surface area contributed by atoms with E-state index in [4.69, 9.17) is 5.84 Å². The highest BCUT2D eigenvalue weighted by Gasteiger charge is 2.23. The van der Waals surface area contributed by atoms with Crippen LogP contribution in [0.3, 0.4) is 0 Å². The van der Waals surface area contributed by atoms with E-state index in [1.165, 1.54) is 6.07 Å². The van der Waals surface area contributed by atoms with Gasteiger partial charge in [-0.2, -0.15) is 0 Å². The monoisotopic (exact) mass is 316 g/mol. The molecule has 0 fully saturated rings. The van der Waals surface area contributed by atoms with Crippen molar-refractivity contribution in [3.05, 3.63) is 34.1 Å². The lowest BCUT2D eigenvalue weighted by Crippen LogP contribution is -2.34. The molecule has 0 heterocycles. The summed E-state index contributed by atoms with van der Waals surface area (Å²) in [6, 6.07) is 4.88. The average molecular weight is 317 g/mol. The number of hydrogen-bond donors (Lipinski definition) is 2. The SMILES string of the molecule is CCCCC(CC)C(NN)c1cc(Br)ccc1F. The fraction of sp³-hybridized carbons (Fsp3) is 0.571. The van der Waals surface area contributed by atoms with Gasteiger partial charge in [0.05, 0.1) is 6.04 Å². The minimum absolute atomic E-state index is 0.126. The summed E-state index contributed by atoms with van der Waals surface area (Å²) in [6.07, 6.45) is 4.34. The molecule has 0 aliphatic heterocycles. The van der Waals surface area contributed by atoms with Crippen molar-refractivity contribution in [3.8, 4) is 0 Å². The van der Waals surface area contributed by atoms with Crippen molar-refractivity contribution in [2.75, 3.05) is 0 Å². The van der Waals surface area contributed by atoms with Gasteiger partial charge in [-0.25, -0.2) is 4.39 Å². The molecule has 0 saturated heterocycles. The van der Waals surface area contributed by atoms with Crippen LogP contribution in [0.5, 0.6) is 0 Å². The predicted octanol–water partition coefficient (Wildman–Crippen LogP) is 4.31. The zero-order valence-electron chi connectivity index (χ0n) is 11.0. The van der Waals surface area contributed by atoms with Crippen LogP contribution in [0, 0.1) is 11.7 Å². The Bertz CT molecular complexity index is 371. The molecular weight excluding hydrogens is 295 g/mol. The van der Waals surface area contributed by atoms with E-state index in [1.54, 1.807) is 6.07 Å². The van der Waals surface area contributed by atoms with Crippen LogP contribution < -0.4 is 11.3 Å². The quantitative estimate of drug-likeness (QED) is 0.581. The third-order valence-electron chi connectivity index (χ3n) is 3.40. The number of hydrazine groups is 1. The van der Waals surface area contributed by atoms with Crippen LogP contribution in [-0.4, -0.2) is 0 Å². The molecule has 0 amide bonds. The second-order valence-corrected chi connectivity index (χ2v) is 5.54. The summed E-state index contributed by atoms with van der Waals surface area (Å²) in [6.45, 7) is 4.29. The molecule has 102 valence electrons. The van der Waals surface area contributed by atoms with Crippen LogP contribution in [0.1, 0.15) is 51.1 Å². The maximum atomic E-state index is 13.9. The van der Waals surface area contributed by atoms with Gasteiger partial charge in [-0.15, -0.1) is 0 Å². The highest BCUT2D eigenvalue weighted by molar-refractivity contribution is 9.10. The largest absolute Gasteiger partial charge is 0.271 e. The van der Waals surface area contributed by atoms with Crippen LogP contribution in [0.4, 0.5) is 4.39 Å². The molecule has 0 aromatic heterocycles. The summed E-state index contributed by atoms with van der Waals surface area (Å²) >= 11 is 3.38. The molecule has 0 aliphatic rings. The Morgan fingerprint density at radius 3 is 2.67 bits per heavy atom. The van der Waals surface area contributed by atoms with Gasteiger partial charge >= 0.3 is 0 Å². The summed E-state index contributed by atoms with van der Waals surface area (Å²) in [5, 5.41) is 0. The van der Waals surface area contributed by atoms with Crippen molar-refractivity contribution in [1.82, 2.24) is 5.43 Å². The fourth-order valence-corrected chi connectivity index (χ4v) is 2.68. The van der Waals surface area contributed by atoms with Gasteiger partial charge in [0.1, 0.15) is 5.82 Å². The maximum absolute atomic E-state index is 13.9. The summed E-state index contributed by atoms with van der Waals surface area (Å²) in [5.74, 6) is 5.80. The van der Waals surface area contributed by atoms with Crippen molar-refractivity contribution >= 4 is 15.9 Å². The van der Waals surface area contributed by atoms with Gasteiger partial charge in [-0.1, -0.05) is 49.0 Å². The first-order valence-electron chi connectivity index (χ1n) is 6.55. The molecule has 1 aromatic rings. The molecule has 0 spiro atoms. The second kappa shape index (κ2) is 7.87. The highest BCUT2D eigenvalue weighted by atomic mass is 79.9. The van der Waals surface area contributed by atoms with E-state index < -0.39 is 0 Å². The van der Waals surface area contributed by atoms with E-state index in [0.717, 1.165) is 30.2 Å². The number of benzene rings is 1. The average Bonchev–Trinajstić information content (AvgIpc) is 2.38. The molecule has 0 radical (unpaired) electrons. The number of hydrogen-bond acceptors (Lipinski definition) is 2. The molecule has 1 rings (SSSR count). The molecule has 2 nitrogen and oxygen atoms in total. The Hall–Kier alpha value is -0.450. The number of rotatable bonds is 7. The Kier molecular flexibility index (Phi) is 6.82. The van der Waals surface area contributed by atoms with Crippen molar-refractivity contribution < 1.29 is 4.39 Å². The number of halogens is 2. The highest BCUT2D eigenvalue weighted by Crippen LogP contribution is 2.31. The van der Waals surface area contributed by atoms with Gasteiger partial charge in [0.2, 0.25) is 0 Å². The molecule has 0 saturated carbocycles. The molecule has 18 heavy (non-hydrogen) atoms. The van der Waals surface area contributed by atoms with Crippen LogP contribution in [0.2, 0.25) is 0 Å². The second-order valence-electron chi connectivity index (χ2n) is 4.62. The lowest BCUT2D eigenvalue weighted by atomic mass is 9.87. The number of unbranched alkanes of at least 4 members (excludes halogenated alkanes) is 1. The smallest absolute Gasteiger partial charge is 0.128 e. The first-order valence-corrected chi connectivity index (χ1v) is 7.34. The third kappa shape index (κ3) is 4.04. The normalized spacial score (nSPS) is 14.5. The lowest BCUT2D eigenvalue weighted by molar-refractivity contribution is 0.319. The molecule has 0 aliphatic carbocycles. The van der Waals surface area contributed by atoms with Crippen molar-refractivity contribution in [2.45, 2.75) is 45.6 Å². The Balaban J connectivity index is 2.95. The van der Waals surface area contributed by atoms with E-state index in [0.29, 0.717) is 11.5 Å². The maximum Gasteiger partial charge on any atom is 0.128 e. The molecule has 2 unspecified atom stereocenters. The predicted molar refractivity (Wildman–Crippen MR) is 77.5 cm³/mol. The molecule has 0 bridgehead atoms.